The molecule has 0 unspecified atom stereocenters. The highest BCUT2D eigenvalue weighted by Gasteiger charge is 2.24. The van der Waals surface area contributed by atoms with Gasteiger partial charge in [-0.3, -0.25) is 9.69 Å². The molecule has 1 aromatic rings. The van der Waals surface area contributed by atoms with Crippen molar-refractivity contribution in [1.82, 2.24) is 4.90 Å². The van der Waals surface area contributed by atoms with Gasteiger partial charge < -0.3 is 9.84 Å². The van der Waals surface area contributed by atoms with E-state index in [9.17, 15) is 4.79 Å². The molecule has 1 fully saturated rings. The maximum atomic E-state index is 11.1. The van der Waals surface area contributed by atoms with Crippen molar-refractivity contribution in [2.45, 2.75) is 51.6 Å². The van der Waals surface area contributed by atoms with Gasteiger partial charge in [0.25, 0.3) is 0 Å². The number of ether oxygens (including phenoxy) is 1. The zero-order valence-corrected chi connectivity index (χ0v) is 12.8. The van der Waals surface area contributed by atoms with Crippen molar-refractivity contribution in [3.8, 4) is 5.75 Å². The standard InChI is InChI=1S/C17H25NO3/c1-2-11-21-16-9-7-14(8-10-16)12-18(13-17(19)20)15-5-3-4-6-15/h7-10,15H,2-6,11-13H2,1H3,(H,19,20). The van der Waals surface area contributed by atoms with E-state index in [-0.39, 0.29) is 6.54 Å². The van der Waals surface area contributed by atoms with Crippen LogP contribution in [0.15, 0.2) is 24.3 Å². The van der Waals surface area contributed by atoms with E-state index in [0.717, 1.165) is 37.2 Å². The molecule has 0 atom stereocenters. The van der Waals surface area contributed by atoms with Gasteiger partial charge in [-0.25, -0.2) is 0 Å². The summed E-state index contributed by atoms with van der Waals surface area (Å²) < 4.78 is 5.57. The molecule has 4 heteroatoms. The normalized spacial score (nSPS) is 15.5. The Morgan fingerprint density at radius 2 is 1.95 bits per heavy atom. The van der Waals surface area contributed by atoms with Crippen LogP contribution in [-0.4, -0.2) is 35.2 Å². The van der Waals surface area contributed by atoms with E-state index < -0.39 is 5.97 Å². The van der Waals surface area contributed by atoms with Crippen molar-refractivity contribution in [3.05, 3.63) is 29.8 Å². The molecule has 1 aromatic carbocycles. The Balaban J connectivity index is 1.96. The minimum atomic E-state index is -0.746. The fraction of sp³-hybridized carbons (Fsp3) is 0.588. The molecule has 0 aromatic heterocycles. The summed E-state index contributed by atoms with van der Waals surface area (Å²) in [5.41, 5.74) is 1.15. The van der Waals surface area contributed by atoms with Gasteiger partial charge in [-0.05, 0) is 37.0 Å². The van der Waals surface area contributed by atoms with Crippen LogP contribution in [0.25, 0.3) is 0 Å². The topological polar surface area (TPSA) is 49.8 Å². The molecule has 1 saturated carbocycles. The predicted octanol–water partition coefficient (Wildman–Crippen LogP) is 3.30. The van der Waals surface area contributed by atoms with Crippen molar-refractivity contribution < 1.29 is 14.6 Å². The van der Waals surface area contributed by atoms with Gasteiger partial charge in [-0.15, -0.1) is 0 Å². The first-order chi connectivity index (χ1) is 10.2. The molecule has 0 bridgehead atoms. The van der Waals surface area contributed by atoms with Crippen LogP contribution in [0.2, 0.25) is 0 Å². The van der Waals surface area contributed by atoms with Crippen LogP contribution in [-0.2, 0) is 11.3 Å². The summed E-state index contributed by atoms with van der Waals surface area (Å²) in [5.74, 6) is 0.135. The fourth-order valence-electron chi connectivity index (χ4n) is 2.90. The van der Waals surface area contributed by atoms with Crippen molar-refractivity contribution in [2.24, 2.45) is 0 Å². The summed E-state index contributed by atoms with van der Waals surface area (Å²) in [7, 11) is 0. The summed E-state index contributed by atoms with van der Waals surface area (Å²) in [5, 5.41) is 9.10. The molecule has 0 saturated heterocycles. The lowest BCUT2D eigenvalue weighted by molar-refractivity contribution is -0.139. The van der Waals surface area contributed by atoms with Crippen LogP contribution in [0.3, 0.4) is 0 Å². The smallest absolute Gasteiger partial charge is 0.317 e. The summed E-state index contributed by atoms with van der Waals surface area (Å²) >= 11 is 0. The summed E-state index contributed by atoms with van der Waals surface area (Å²) in [6, 6.07) is 8.43. The van der Waals surface area contributed by atoms with E-state index in [1.165, 1.54) is 12.8 Å². The van der Waals surface area contributed by atoms with Crippen molar-refractivity contribution in [2.75, 3.05) is 13.2 Å². The molecule has 1 N–H and O–H groups in total. The lowest BCUT2D eigenvalue weighted by atomic mass is 10.1. The lowest BCUT2D eigenvalue weighted by Gasteiger charge is -2.27. The predicted molar refractivity (Wildman–Crippen MR) is 82.5 cm³/mol. The van der Waals surface area contributed by atoms with Gasteiger partial charge in [0.1, 0.15) is 5.75 Å². The maximum absolute atomic E-state index is 11.1. The fourth-order valence-corrected chi connectivity index (χ4v) is 2.90. The number of aliphatic carboxylic acids is 1. The maximum Gasteiger partial charge on any atom is 0.317 e. The zero-order chi connectivity index (χ0) is 15.1. The minimum Gasteiger partial charge on any atom is -0.494 e. The van der Waals surface area contributed by atoms with Gasteiger partial charge in [0.2, 0.25) is 0 Å². The molecule has 1 aliphatic carbocycles. The summed E-state index contributed by atoms with van der Waals surface area (Å²) in [4.78, 5) is 13.2. The monoisotopic (exact) mass is 291 g/mol. The quantitative estimate of drug-likeness (QED) is 0.798. The van der Waals surface area contributed by atoms with Gasteiger partial charge in [-0.2, -0.15) is 0 Å². The third-order valence-corrected chi connectivity index (χ3v) is 3.96. The van der Waals surface area contributed by atoms with Crippen LogP contribution in [0, 0.1) is 0 Å². The molecule has 0 radical (unpaired) electrons. The minimum absolute atomic E-state index is 0.124. The first-order valence-corrected chi connectivity index (χ1v) is 7.86. The van der Waals surface area contributed by atoms with Gasteiger partial charge in [0, 0.05) is 12.6 Å². The third-order valence-electron chi connectivity index (χ3n) is 3.96. The van der Waals surface area contributed by atoms with Gasteiger partial charge in [0.05, 0.1) is 13.2 Å². The highest BCUT2D eigenvalue weighted by molar-refractivity contribution is 5.69. The second-order valence-corrected chi connectivity index (χ2v) is 5.73. The molecular formula is C17H25NO3. The second kappa shape index (κ2) is 8.03. The van der Waals surface area contributed by atoms with Gasteiger partial charge in [-0.1, -0.05) is 31.9 Å². The van der Waals surface area contributed by atoms with Crippen LogP contribution in [0.1, 0.15) is 44.6 Å². The molecule has 4 nitrogen and oxygen atoms in total. The highest BCUT2D eigenvalue weighted by Crippen LogP contribution is 2.25. The Labute approximate surface area is 126 Å². The van der Waals surface area contributed by atoms with E-state index in [2.05, 4.69) is 11.8 Å². The van der Waals surface area contributed by atoms with Crippen LogP contribution in [0.4, 0.5) is 0 Å². The molecule has 116 valence electrons. The Hall–Kier alpha value is -1.55. The molecule has 1 aliphatic rings. The number of nitrogens with zero attached hydrogens (tertiary/aromatic N) is 1. The van der Waals surface area contributed by atoms with Gasteiger partial charge in [0.15, 0.2) is 0 Å². The van der Waals surface area contributed by atoms with Crippen molar-refractivity contribution in [1.29, 1.82) is 0 Å². The number of hydrogen-bond acceptors (Lipinski definition) is 3. The van der Waals surface area contributed by atoms with E-state index in [4.69, 9.17) is 9.84 Å². The van der Waals surface area contributed by atoms with Crippen LogP contribution < -0.4 is 4.74 Å². The first-order valence-electron chi connectivity index (χ1n) is 7.86. The molecular weight excluding hydrogens is 266 g/mol. The van der Waals surface area contributed by atoms with E-state index in [1.54, 1.807) is 0 Å². The number of rotatable bonds is 8. The van der Waals surface area contributed by atoms with Crippen LogP contribution in [0.5, 0.6) is 5.75 Å². The number of carbonyl (C=O) groups is 1. The van der Waals surface area contributed by atoms with Crippen LogP contribution >= 0.6 is 0 Å². The molecule has 2 rings (SSSR count). The highest BCUT2D eigenvalue weighted by atomic mass is 16.5. The molecule has 0 heterocycles. The number of carboxylic acids is 1. The Morgan fingerprint density at radius 3 is 2.52 bits per heavy atom. The molecule has 21 heavy (non-hydrogen) atoms. The van der Waals surface area contributed by atoms with E-state index in [0.29, 0.717) is 12.6 Å². The SMILES string of the molecule is CCCOc1ccc(CN(CC(=O)O)C2CCCC2)cc1. The Morgan fingerprint density at radius 1 is 1.29 bits per heavy atom. The number of benzene rings is 1. The molecule has 0 aliphatic heterocycles. The summed E-state index contributed by atoms with van der Waals surface area (Å²) in [6.45, 7) is 3.64. The van der Waals surface area contributed by atoms with Crippen molar-refractivity contribution >= 4 is 5.97 Å². The zero-order valence-electron chi connectivity index (χ0n) is 12.8. The largest absolute Gasteiger partial charge is 0.494 e. The average molecular weight is 291 g/mol. The van der Waals surface area contributed by atoms with Crippen molar-refractivity contribution in [3.63, 3.8) is 0 Å². The first kappa shape index (κ1) is 15.8. The average Bonchev–Trinajstić information content (AvgIpc) is 2.99. The lowest BCUT2D eigenvalue weighted by Crippen LogP contribution is -2.36. The number of hydrogen-bond donors (Lipinski definition) is 1. The number of carboxylic acid groups (broad SMARTS) is 1. The Kier molecular flexibility index (Phi) is 6.05. The summed E-state index contributed by atoms with van der Waals surface area (Å²) in [6.07, 6.45) is 5.65. The van der Waals surface area contributed by atoms with E-state index in [1.807, 2.05) is 24.3 Å². The second-order valence-electron chi connectivity index (χ2n) is 5.73. The Bertz CT molecular complexity index is 438. The van der Waals surface area contributed by atoms with E-state index >= 15 is 0 Å². The van der Waals surface area contributed by atoms with Gasteiger partial charge >= 0.3 is 5.97 Å². The molecule has 0 spiro atoms. The molecule has 0 amide bonds. The third kappa shape index (κ3) is 5.05.